The summed E-state index contributed by atoms with van der Waals surface area (Å²) in [5, 5.41) is 7.86. The first-order valence-corrected chi connectivity index (χ1v) is 10.7. The maximum atomic E-state index is 13.2. The van der Waals surface area contributed by atoms with E-state index in [1.54, 1.807) is 21.7 Å². The van der Waals surface area contributed by atoms with E-state index >= 15 is 0 Å². The summed E-state index contributed by atoms with van der Waals surface area (Å²) in [6.07, 6.45) is 4.24. The van der Waals surface area contributed by atoms with Crippen LogP contribution in [-0.4, -0.2) is 49.6 Å². The molecule has 0 bridgehead atoms. The second-order valence-corrected chi connectivity index (χ2v) is 8.14. The summed E-state index contributed by atoms with van der Waals surface area (Å²) in [4.78, 5) is 35.4. The molecule has 3 aromatic heterocycles. The van der Waals surface area contributed by atoms with Gasteiger partial charge in [-0.1, -0.05) is 30.3 Å². The molecule has 1 aliphatic rings. The molecule has 4 heterocycles. The zero-order valence-electron chi connectivity index (χ0n) is 17.5. The van der Waals surface area contributed by atoms with Gasteiger partial charge in [0.05, 0.1) is 28.2 Å². The number of benzene rings is 1. The smallest absolute Gasteiger partial charge is 0.302 e. The largest absolute Gasteiger partial charge is 0.423 e. The zero-order chi connectivity index (χ0) is 23.1. The summed E-state index contributed by atoms with van der Waals surface area (Å²) in [6, 6.07) is 7.01. The number of likely N-dealkylation sites (tertiary alicyclic amines) is 1. The van der Waals surface area contributed by atoms with Crippen molar-refractivity contribution in [2.24, 2.45) is 0 Å². The van der Waals surface area contributed by atoms with Crippen molar-refractivity contribution < 1.29 is 14.0 Å². The fourth-order valence-electron chi connectivity index (χ4n) is 4.15. The molecule has 0 unspecified atom stereocenters. The van der Waals surface area contributed by atoms with Gasteiger partial charge in [0.1, 0.15) is 11.3 Å². The van der Waals surface area contributed by atoms with Gasteiger partial charge in [-0.15, -0.1) is 0 Å². The highest BCUT2D eigenvalue weighted by Crippen LogP contribution is 2.34. The lowest BCUT2D eigenvalue weighted by Crippen LogP contribution is -2.40. The number of carbonyl (C=O) groups excluding carboxylic acids is 2. The molecule has 5 rings (SSSR count). The van der Waals surface area contributed by atoms with Gasteiger partial charge in [0, 0.05) is 13.1 Å². The Hall–Kier alpha value is -3.92. The monoisotopic (exact) mass is 465 g/mol. The Labute approximate surface area is 193 Å². The molecular weight excluding hydrogens is 446 g/mol. The highest BCUT2D eigenvalue weighted by Gasteiger charge is 2.30. The summed E-state index contributed by atoms with van der Waals surface area (Å²) in [7, 11) is 0. The minimum atomic E-state index is -0.559. The molecule has 1 aliphatic heterocycles. The lowest BCUT2D eigenvalue weighted by Gasteiger charge is -2.32. The summed E-state index contributed by atoms with van der Waals surface area (Å²) in [5.41, 5.74) is 7.83. The zero-order valence-corrected chi connectivity index (χ0v) is 18.2. The van der Waals surface area contributed by atoms with Gasteiger partial charge in [0.2, 0.25) is 5.91 Å². The van der Waals surface area contributed by atoms with Crippen LogP contribution in [0.2, 0.25) is 5.02 Å². The molecule has 4 aromatic rings. The van der Waals surface area contributed by atoms with Crippen molar-refractivity contribution in [2.75, 3.05) is 24.1 Å². The molecular formula is C22H20ClN7O3. The normalized spacial score (nSPS) is 16.3. The van der Waals surface area contributed by atoms with Gasteiger partial charge in [-0.25, -0.2) is 4.98 Å². The lowest BCUT2D eigenvalue weighted by molar-refractivity contribution is -0.127. The molecule has 3 N–H and O–H groups in total. The van der Waals surface area contributed by atoms with Gasteiger partial charge in [0.25, 0.3) is 5.91 Å². The molecule has 0 radical (unpaired) electrons. The number of hydrogen-bond acceptors (Lipinski definition) is 7. The molecule has 1 fully saturated rings. The van der Waals surface area contributed by atoms with Crippen molar-refractivity contribution >= 4 is 57.3 Å². The van der Waals surface area contributed by atoms with Crippen LogP contribution in [0, 0.1) is 0 Å². The highest BCUT2D eigenvalue weighted by atomic mass is 35.5. The second kappa shape index (κ2) is 8.21. The molecule has 0 aliphatic carbocycles. The fourth-order valence-corrected chi connectivity index (χ4v) is 4.38. The van der Waals surface area contributed by atoms with E-state index < -0.39 is 5.91 Å². The molecule has 11 heteroatoms. The van der Waals surface area contributed by atoms with Crippen LogP contribution >= 0.6 is 11.6 Å². The Bertz CT molecular complexity index is 1380. The van der Waals surface area contributed by atoms with Gasteiger partial charge >= 0.3 is 6.01 Å². The average Bonchev–Trinajstić information content (AvgIpc) is 3.43. The highest BCUT2D eigenvalue weighted by molar-refractivity contribution is 6.36. The number of rotatable bonds is 4. The van der Waals surface area contributed by atoms with Crippen LogP contribution in [-0.2, 0) is 4.79 Å². The third kappa shape index (κ3) is 3.68. The van der Waals surface area contributed by atoms with Crippen molar-refractivity contribution in [3.63, 3.8) is 0 Å². The molecule has 10 nitrogen and oxygen atoms in total. The molecule has 0 saturated carbocycles. The Morgan fingerprint density at radius 1 is 1.33 bits per heavy atom. The lowest BCUT2D eigenvalue weighted by atomic mass is 10.1. The number of fused-ring (bicyclic) bond motifs is 2. The van der Waals surface area contributed by atoms with E-state index in [9.17, 15) is 9.59 Å². The number of nitrogens with one attached hydrogen (secondary N) is 1. The molecule has 2 amide bonds. The van der Waals surface area contributed by atoms with Crippen LogP contribution in [0.4, 0.5) is 11.8 Å². The summed E-state index contributed by atoms with van der Waals surface area (Å²) in [6.45, 7) is 4.60. The third-order valence-corrected chi connectivity index (χ3v) is 5.94. The van der Waals surface area contributed by atoms with Crippen LogP contribution in [0.3, 0.4) is 0 Å². The van der Waals surface area contributed by atoms with Crippen molar-refractivity contribution in [1.29, 1.82) is 0 Å². The van der Waals surface area contributed by atoms with Gasteiger partial charge in [-0.3, -0.25) is 19.6 Å². The second-order valence-electron chi connectivity index (χ2n) is 7.73. The number of oxazole rings is 1. The van der Waals surface area contributed by atoms with Gasteiger partial charge < -0.3 is 15.1 Å². The number of para-hydroxylation sites is 2. The van der Waals surface area contributed by atoms with Crippen LogP contribution in [0.25, 0.3) is 22.0 Å². The Morgan fingerprint density at radius 2 is 2.15 bits per heavy atom. The minimum absolute atomic E-state index is 0.0397. The van der Waals surface area contributed by atoms with E-state index in [1.165, 1.54) is 12.3 Å². The number of nitrogen functional groups attached to an aromatic ring is 1. The topological polar surface area (TPSA) is 132 Å². The number of anilines is 2. The van der Waals surface area contributed by atoms with Crippen LogP contribution in [0.1, 0.15) is 29.4 Å². The molecule has 168 valence electrons. The van der Waals surface area contributed by atoms with Gasteiger partial charge in [-0.05, 0) is 31.1 Å². The van der Waals surface area contributed by atoms with Crippen molar-refractivity contribution in [3.05, 3.63) is 53.8 Å². The van der Waals surface area contributed by atoms with Crippen LogP contribution < -0.4 is 11.1 Å². The number of nitrogens with two attached hydrogens (primary N) is 1. The quantitative estimate of drug-likeness (QED) is 0.441. The number of nitrogens with zero attached hydrogens (tertiary/aromatic N) is 5. The van der Waals surface area contributed by atoms with E-state index in [4.69, 9.17) is 21.8 Å². The van der Waals surface area contributed by atoms with E-state index in [-0.39, 0.29) is 29.5 Å². The SMILES string of the molecule is C=CC(=O)N1CCC[C@@H](n2nc(C(=O)Nc3nc4ccccc4o3)c3c(N)ncc(Cl)c32)C1. The van der Waals surface area contributed by atoms with E-state index in [0.29, 0.717) is 40.1 Å². The van der Waals surface area contributed by atoms with E-state index in [2.05, 4.69) is 27.0 Å². The fraction of sp³-hybridized carbons (Fsp3) is 0.227. The number of carbonyl (C=O) groups is 2. The number of hydrogen-bond donors (Lipinski definition) is 2. The summed E-state index contributed by atoms with van der Waals surface area (Å²) >= 11 is 6.47. The van der Waals surface area contributed by atoms with Crippen LogP contribution in [0.15, 0.2) is 47.5 Å². The maximum absolute atomic E-state index is 13.2. The van der Waals surface area contributed by atoms with Crippen molar-refractivity contribution in [3.8, 4) is 0 Å². The first-order valence-electron chi connectivity index (χ1n) is 10.4. The summed E-state index contributed by atoms with van der Waals surface area (Å²) in [5.74, 6) is -0.591. The Morgan fingerprint density at radius 3 is 2.94 bits per heavy atom. The maximum Gasteiger partial charge on any atom is 0.302 e. The Kier molecular flexibility index (Phi) is 5.21. The van der Waals surface area contributed by atoms with E-state index in [0.717, 1.165) is 12.8 Å². The number of pyridine rings is 1. The van der Waals surface area contributed by atoms with Gasteiger partial charge in [-0.2, -0.15) is 10.1 Å². The molecule has 0 spiro atoms. The van der Waals surface area contributed by atoms with Crippen molar-refractivity contribution in [1.82, 2.24) is 24.6 Å². The minimum Gasteiger partial charge on any atom is -0.423 e. The molecule has 1 saturated heterocycles. The van der Waals surface area contributed by atoms with Crippen molar-refractivity contribution in [2.45, 2.75) is 18.9 Å². The first kappa shape index (κ1) is 21.0. The Balaban J connectivity index is 1.55. The average molecular weight is 466 g/mol. The predicted octanol–water partition coefficient (Wildman–Crippen LogP) is 3.41. The molecule has 33 heavy (non-hydrogen) atoms. The van der Waals surface area contributed by atoms with E-state index in [1.807, 2.05) is 12.1 Å². The number of amides is 2. The molecule has 1 aromatic carbocycles. The number of aromatic nitrogens is 4. The third-order valence-electron chi connectivity index (χ3n) is 5.67. The predicted molar refractivity (Wildman–Crippen MR) is 124 cm³/mol. The van der Waals surface area contributed by atoms with Gasteiger partial charge in [0.15, 0.2) is 11.3 Å². The number of halogens is 1. The first-order chi connectivity index (χ1) is 16.0. The standard InChI is InChI=1S/C22H20ClN7O3/c1-2-16(31)29-9-5-6-12(11-29)30-19-13(23)10-25-20(24)17(19)18(28-30)21(32)27-22-26-14-7-3-4-8-15(14)33-22/h2-4,7-8,10,12H,1,5-6,9,11H2,(H2,24,25)(H,26,27,32)/t12-/m1/s1. The van der Waals surface area contributed by atoms with Crippen LogP contribution in [0.5, 0.6) is 0 Å². The number of piperidine rings is 1. The summed E-state index contributed by atoms with van der Waals surface area (Å²) < 4.78 is 7.26. The molecule has 1 atom stereocenters.